The average molecular weight is 458 g/mol. The minimum atomic E-state index is -0.521. The van der Waals surface area contributed by atoms with Crippen molar-refractivity contribution in [1.82, 2.24) is 5.43 Å². The average Bonchev–Trinajstić information content (AvgIpc) is 2.74. The van der Waals surface area contributed by atoms with Gasteiger partial charge in [-0.3, -0.25) is 14.9 Å². The van der Waals surface area contributed by atoms with Gasteiger partial charge in [-0.25, -0.2) is 5.43 Å². The van der Waals surface area contributed by atoms with E-state index in [1.165, 1.54) is 18.3 Å². The number of halogens is 2. The van der Waals surface area contributed by atoms with Gasteiger partial charge in [0.2, 0.25) is 5.91 Å². The Balaban J connectivity index is 1.62. The highest BCUT2D eigenvalue weighted by atomic mass is 35.5. The van der Waals surface area contributed by atoms with Crippen molar-refractivity contribution in [2.45, 2.75) is 13.0 Å². The molecule has 0 radical (unpaired) electrons. The Kier molecular flexibility index (Phi) is 7.59. The molecule has 0 heterocycles. The molecule has 7 nitrogen and oxygen atoms in total. The summed E-state index contributed by atoms with van der Waals surface area (Å²) in [5.41, 5.74) is 3.99. The lowest BCUT2D eigenvalue weighted by molar-refractivity contribution is -0.385. The second-order valence-electron chi connectivity index (χ2n) is 6.42. The first-order valence-electron chi connectivity index (χ1n) is 9.14. The second-order valence-corrected chi connectivity index (χ2v) is 7.26. The van der Waals surface area contributed by atoms with Gasteiger partial charge in [-0.2, -0.15) is 5.10 Å². The van der Waals surface area contributed by atoms with Gasteiger partial charge in [0, 0.05) is 32.8 Å². The summed E-state index contributed by atoms with van der Waals surface area (Å²) in [5.74, 6) is 0.0714. The van der Waals surface area contributed by atoms with Crippen molar-refractivity contribution >= 4 is 41.0 Å². The minimum Gasteiger partial charge on any atom is -0.488 e. The highest BCUT2D eigenvalue weighted by Gasteiger charge is 2.15. The van der Waals surface area contributed by atoms with Crippen LogP contribution in [0.2, 0.25) is 10.0 Å². The van der Waals surface area contributed by atoms with Crippen LogP contribution in [0.1, 0.15) is 16.7 Å². The summed E-state index contributed by atoms with van der Waals surface area (Å²) in [6.45, 7) is 0.227. The number of para-hydroxylation sites is 2. The lowest BCUT2D eigenvalue weighted by Gasteiger charge is -2.10. The molecule has 158 valence electrons. The number of amides is 1. The Morgan fingerprint density at radius 2 is 1.81 bits per heavy atom. The van der Waals surface area contributed by atoms with Crippen LogP contribution in [-0.2, 0) is 17.8 Å². The Labute approximate surface area is 188 Å². The summed E-state index contributed by atoms with van der Waals surface area (Å²) < 4.78 is 5.83. The van der Waals surface area contributed by atoms with Crippen molar-refractivity contribution in [3.63, 3.8) is 0 Å². The molecular weight excluding hydrogens is 441 g/mol. The molecule has 0 aliphatic rings. The molecule has 31 heavy (non-hydrogen) atoms. The molecule has 0 bridgehead atoms. The first-order chi connectivity index (χ1) is 14.9. The Bertz CT molecular complexity index is 1140. The van der Waals surface area contributed by atoms with Gasteiger partial charge in [0.15, 0.2) is 0 Å². The fourth-order valence-electron chi connectivity index (χ4n) is 2.74. The van der Waals surface area contributed by atoms with Gasteiger partial charge in [0.1, 0.15) is 12.4 Å². The van der Waals surface area contributed by atoms with Crippen LogP contribution in [0, 0.1) is 10.1 Å². The fraction of sp³-hybridized carbons (Fsp3) is 0.0909. The summed E-state index contributed by atoms with van der Waals surface area (Å²) in [4.78, 5) is 22.7. The zero-order chi connectivity index (χ0) is 22.2. The topological polar surface area (TPSA) is 93.8 Å². The van der Waals surface area contributed by atoms with Crippen LogP contribution >= 0.6 is 23.2 Å². The highest BCUT2D eigenvalue weighted by molar-refractivity contribution is 6.35. The van der Waals surface area contributed by atoms with E-state index in [0.717, 1.165) is 5.56 Å². The molecule has 9 heteroatoms. The maximum absolute atomic E-state index is 12.1. The van der Waals surface area contributed by atoms with Gasteiger partial charge < -0.3 is 4.74 Å². The van der Waals surface area contributed by atoms with Crippen molar-refractivity contribution < 1.29 is 14.5 Å². The molecule has 0 spiro atoms. The fourth-order valence-corrected chi connectivity index (χ4v) is 3.20. The van der Waals surface area contributed by atoms with Crippen molar-refractivity contribution in [2.75, 3.05) is 0 Å². The number of ether oxygens (including phenoxy) is 1. The van der Waals surface area contributed by atoms with Crippen LogP contribution in [0.15, 0.2) is 71.8 Å². The molecule has 0 saturated carbocycles. The summed E-state index contributed by atoms with van der Waals surface area (Å²) in [7, 11) is 0. The highest BCUT2D eigenvalue weighted by Crippen LogP contribution is 2.24. The van der Waals surface area contributed by atoms with Gasteiger partial charge in [-0.1, -0.05) is 59.6 Å². The molecular formula is C22H17Cl2N3O4. The Morgan fingerprint density at radius 3 is 2.58 bits per heavy atom. The molecule has 1 amide bonds. The number of benzene rings is 3. The third-order valence-corrected chi connectivity index (χ3v) is 4.84. The second kappa shape index (κ2) is 10.6. The standard InChI is InChI=1S/C22H17Cl2N3O4/c23-18-10-9-17(19(24)12-18)14-31-21-8-4-2-6-16(21)13-25-26-22(28)11-15-5-1-3-7-20(15)27(29)30/h1-10,12-13H,11,14H2,(H,26,28). The van der Waals surface area contributed by atoms with Gasteiger partial charge in [-0.15, -0.1) is 0 Å². The van der Waals surface area contributed by atoms with Crippen LogP contribution in [0.25, 0.3) is 0 Å². The predicted molar refractivity (Wildman–Crippen MR) is 120 cm³/mol. The van der Waals surface area contributed by atoms with Crippen molar-refractivity contribution in [1.29, 1.82) is 0 Å². The smallest absolute Gasteiger partial charge is 0.273 e. The zero-order valence-corrected chi connectivity index (χ0v) is 17.6. The number of nitro benzene ring substituents is 1. The zero-order valence-electron chi connectivity index (χ0n) is 16.1. The first kappa shape index (κ1) is 22.3. The SMILES string of the molecule is O=C(Cc1ccccc1[N+](=O)[O-])NN=Cc1ccccc1OCc1ccc(Cl)cc1Cl. The summed E-state index contributed by atoms with van der Waals surface area (Å²) in [5, 5.41) is 16.0. The number of nitrogens with one attached hydrogen (secondary N) is 1. The summed E-state index contributed by atoms with van der Waals surface area (Å²) in [6, 6.07) is 18.4. The number of nitro groups is 1. The monoisotopic (exact) mass is 457 g/mol. The lowest BCUT2D eigenvalue weighted by atomic mass is 10.1. The normalized spacial score (nSPS) is 10.8. The van der Waals surface area contributed by atoms with Crippen LogP contribution in [0.5, 0.6) is 5.75 Å². The number of carbonyl (C=O) groups is 1. The lowest BCUT2D eigenvalue weighted by Crippen LogP contribution is -2.20. The number of hydrogen-bond donors (Lipinski definition) is 1. The largest absolute Gasteiger partial charge is 0.488 e. The van der Waals surface area contributed by atoms with E-state index >= 15 is 0 Å². The van der Waals surface area contributed by atoms with Crippen molar-refractivity contribution in [3.8, 4) is 5.75 Å². The molecule has 0 saturated heterocycles. The van der Waals surface area contributed by atoms with Crippen molar-refractivity contribution in [2.24, 2.45) is 5.10 Å². The molecule has 3 aromatic rings. The van der Waals surface area contributed by atoms with Gasteiger partial charge >= 0.3 is 0 Å². The van der Waals surface area contributed by atoms with E-state index in [0.29, 0.717) is 26.9 Å². The quantitative estimate of drug-likeness (QED) is 0.286. The number of nitrogens with zero attached hydrogens (tertiary/aromatic N) is 2. The van der Waals surface area contributed by atoms with E-state index in [1.54, 1.807) is 48.5 Å². The Hall–Kier alpha value is -3.42. The number of hydrazone groups is 1. The molecule has 0 atom stereocenters. The van der Waals surface area contributed by atoms with Gasteiger partial charge in [-0.05, 0) is 24.3 Å². The molecule has 0 unspecified atom stereocenters. The molecule has 3 rings (SSSR count). The third-order valence-electron chi connectivity index (χ3n) is 4.25. The number of carbonyl (C=O) groups excluding carboxylic acids is 1. The van der Waals surface area contributed by atoms with Crippen molar-refractivity contribution in [3.05, 3.63) is 104 Å². The summed E-state index contributed by atoms with van der Waals surface area (Å²) in [6.07, 6.45) is 1.28. The van der Waals surface area contributed by atoms with Crippen LogP contribution in [-0.4, -0.2) is 17.0 Å². The Morgan fingerprint density at radius 1 is 1.06 bits per heavy atom. The molecule has 0 fully saturated rings. The van der Waals surface area contributed by atoms with E-state index in [-0.39, 0.29) is 18.7 Å². The molecule has 0 aliphatic heterocycles. The van der Waals surface area contributed by atoms with E-state index in [2.05, 4.69) is 10.5 Å². The van der Waals surface area contributed by atoms with E-state index < -0.39 is 10.8 Å². The summed E-state index contributed by atoms with van der Waals surface area (Å²) >= 11 is 12.1. The predicted octanol–water partition coefficient (Wildman–Crippen LogP) is 5.17. The number of rotatable bonds is 8. The molecule has 0 aromatic heterocycles. The van der Waals surface area contributed by atoms with Crippen LogP contribution in [0.3, 0.4) is 0 Å². The first-order valence-corrected chi connectivity index (χ1v) is 9.89. The molecule has 0 aliphatic carbocycles. The molecule has 1 N–H and O–H groups in total. The van der Waals surface area contributed by atoms with E-state index in [9.17, 15) is 14.9 Å². The minimum absolute atomic E-state index is 0.110. The maximum atomic E-state index is 12.1. The maximum Gasteiger partial charge on any atom is 0.273 e. The van der Waals surface area contributed by atoms with E-state index in [1.807, 2.05) is 6.07 Å². The van der Waals surface area contributed by atoms with Crippen LogP contribution < -0.4 is 10.2 Å². The van der Waals surface area contributed by atoms with E-state index in [4.69, 9.17) is 27.9 Å². The van der Waals surface area contributed by atoms with Gasteiger partial charge in [0.05, 0.1) is 17.6 Å². The molecule has 3 aromatic carbocycles. The van der Waals surface area contributed by atoms with Gasteiger partial charge in [0.25, 0.3) is 5.69 Å². The third kappa shape index (κ3) is 6.28. The van der Waals surface area contributed by atoms with Crippen LogP contribution in [0.4, 0.5) is 5.69 Å². The number of hydrogen-bond acceptors (Lipinski definition) is 5.